The summed E-state index contributed by atoms with van der Waals surface area (Å²) in [5, 5.41) is 16.3. The maximum atomic E-state index is 15.2. The molecular weight excluding hydrogens is 617 g/mol. The van der Waals surface area contributed by atoms with Crippen molar-refractivity contribution in [2.24, 2.45) is 5.92 Å². The van der Waals surface area contributed by atoms with Crippen LogP contribution in [-0.2, 0) is 21.5 Å². The van der Waals surface area contributed by atoms with Crippen molar-refractivity contribution in [3.8, 4) is 17.2 Å². The zero-order valence-corrected chi connectivity index (χ0v) is 28.4. The Labute approximate surface area is 286 Å². The zero-order chi connectivity index (χ0) is 34.3. The molecular formula is C40H42FN5O3. The Balaban J connectivity index is 1.07. The number of halogens is 1. The average molecular weight is 660 g/mol. The molecule has 2 amide bonds. The quantitative estimate of drug-likeness (QED) is 0.185. The van der Waals surface area contributed by atoms with Gasteiger partial charge in [0, 0.05) is 42.0 Å². The van der Waals surface area contributed by atoms with Crippen molar-refractivity contribution >= 4 is 23.2 Å². The summed E-state index contributed by atoms with van der Waals surface area (Å²) in [4.78, 5) is 28.6. The molecule has 0 spiro atoms. The van der Waals surface area contributed by atoms with Gasteiger partial charge in [0.1, 0.15) is 11.6 Å². The molecule has 8 nitrogen and oxygen atoms in total. The average Bonchev–Trinajstić information content (AvgIpc) is 3.83. The van der Waals surface area contributed by atoms with Crippen LogP contribution in [0.15, 0.2) is 65.2 Å². The summed E-state index contributed by atoms with van der Waals surface area (Å²) in [5.41, 5.74) is 8.38. The Hall–Kier alpha value is -4.81. The molecule has 1 N–H and O–H groups in total. The van der Waals surface area contributed by atoms with E-state index in [1.807, 2.05) is 19.9 Å². The van der Waals surface area contributed by atoms with Crippen LogP contribution in [0.25, 0.3) is 11.1 Å². The number of piperidine rings is 2. The number of benzene rings is 3. The third-order valence-electron chi connectivity index (χ3n) is 10.8. The molecule has 3 aliphatic rings. The van der Waals surface area contributed by atoms with Gasteiger partial charge in [-0.25, -0.2) is 4.39 Å². The smallest absolute Gasteiger partial charge is 0.234 e. The monoisotopic (exact) mass is 659 g/mol. The van der Waals surface area contributed by atoms with E-state index in [0.717, 1.165) is 90.4 Å². The number of carbonyl (C=O) groups is 2. The fourth-order valence-corrected chi connectivity index (χ4v) is 7.63. The van der Waals surface area contributed by atoms with Gasteiger partial charge in [0.2, 0.25) is 11.8 Å². The predicted octanol–water partition coefficient (Wildman–Crippen LogP) is 7.53. The predicted molar refractivity (Wildman–Crippen MR) is 186 cm³/mol. The number of amides is 2. The van der Waals surface area contributed by atoms with Crippen LogP contribution in [-0.4, -0.2) is 41.5 Å². The van der Waals surface area contributed by atoms with Crippen molar-refractivity contribution in [1.82, 2.24) is 15.4 Å². The van der Waals surface area contributed by atoms with Crippen LogP contribution in [0.2, 0.25) is 0 Å². The van der Waals surface area contributed by atoms with E-state index in [2.05, 4.69) is 75.7 Å². The molecule has 49 heavy (non-hydrogen) atoms. The molecule has 2 aliphatic heterocycles. The fraction of sp³-hybridized carbons (Fsp3) is 0.400. The summed E-state index contributed by atoms with van der Waals surface area (Å²) in [5.74, 6) is -0.498. The maximum Gasteiger partial charge on any atom is 0.234 e. The number of anilines is 2. The van der Waals surface area contributed by atoms with E-state index < -0.39 is 11.8 Å². The van der Waals surface area contributed by atoms with Crippen molar-refractivity contribution < 1.29 is 18.5 Å². The van der Waals surface area contributed by atoms with E-state index in [0.29, 0.717) is 24.4 Å². The minimum absolute atomic E-state index is 0.226. The van der Waals surface area contributed by atoms with E-state index >= 15 is 4.39 Å². The summed E-state index contributed by atoms with van der Waals surface area (Å²) in [6.07, 6.45) is 4.40. The first-order valence-electron chi connectivity index (χ1n) is 17.3. The SMILES string of the molecule is Cc1ccc(-c2c(C)noc2C)cc1N(CC1CCN(Cc2ccc(C3CCC(=O)NC3=O)c(F)c2)CC1)c1ccc(C2(C#N)CC2)cc1. The first-order chi connectivity index (χ1) is 23.6. The molecule has 1 unspecified atom stereocenters. The molecule has 1 aliphatic carbocycles. The van der Waals surface area contributed by atoms with Crippen molar-refractivity contribution in [2.75, 3.05) is 24.5 Å². The van der Waals surface area contributed by atoms with Crippen LogP contribution in [0, 0.1) is 43.8 Å². The lowest BCUT2D eigenvalue weighted by Crippen LogP contribution is -2.39. The highest BCUT2D eigenvalue weighted by molar-refractivity contribution is 6.01. The number of rotatable bonds is 9. The molecule has 4 aromatic rings. The molecule has 2 saturated heterocycles. The molecule has 0 radical (unpaired) electrons. The van der Waals surface area contributed by atoms with Gasteiger partial charge in [-0.2, -0.15) is 5.26 Å². The van der Waals surface area contributed by atoms with Gasteiger partial charge in [-0.05, 0) is 118 Å². The molecule has 1 saturated carbocycles. The van der Waals surface area contributed by atoms with Gasteiger partial charge < -0.3 is 9.42 Å². The first kappa shape index (κ1) is 32.7. The maximum absolute atomic E-state index is 15.2. The first-order valence-corrected chi connectivity index (χ1v) is 17.3. The minimum Gasteiger partial charge on any atom is -0.361 e. The van der Waals surface area contributed by atoms with Gasteiger partial charge in [-0.3, -0.25) is 19.8 Å². The fourth-order valence-electron chi connectivity index (χ4n) is 7.63. The largest absolute Gasteiger partial charge is 0.361 e. The van der Waals surface area contributed by atoms with E-state index in [4.69, 9.17) is 4.52 Å². The normalized spacial score (nSPS) is 19.4. The van der Waals surface area contributed by atoms with E-state index in [1.165, 1.54) is 5.56 Å². The second-order valence-corrected chi connectivity index (χ2v) is 14.1. The van der Waals surface area contributed by atoms with Gasteiger partial charge in [-0.1, -0.05) is 41.6 Å². The molecule has 1 atom stereocenters. The van der Waals surface area contributed by atoms with Crippen molar-refractivity contribution in [3.63, 3.8) is 0 Å². The van der Waals surface area contributed by atoms with E-state index in [-0.39, 0.29) is 23.6 Å². The lowest BCUT2D eigenvalue weighted by atomic mass is 9.89. The summed E-state index contributed by atoms with van der Waals surface area (Å²) in [7, 11) is 0. The van der Waals surface area contributed by atoms with E-state index in [9.17, 15) is 14.9 Å². The Bertz CT molecular complexity index is 1910. The molecule has 252 valence electrons. The van der Waals surface area contributed by atoms with Gasteiger partial charge in [0.15, 0.2) is 0 Å². The molecule has 3 fully saturated rings. The number of nitrogens with one attached hydrogen (secondary N) is 1. The molecule has 9 heteroatoms. The Morgan fingerprint density at radius 3 is 2.41 bits per heavy atom. The molecule has 1 aromatic heterocycles. The van der Waals surface area contributed by atoms with Crippen LogP contribution in [0.4, 0.5) is 15.8 Å². The number of carbonyl (C=O) groups excluding carboxylic acids is 2. The topological polar surface area (TPSA) is 102 Å². The number of aromatic nitrogens is 1. The summed E-state index contributed by atoms with van der Waals surface area (Å²) >= 11 is 0. The third kappa shape index (κ3) is 6.62. The third-order valence-corrected chi connectivity index (χ3v) is 10.8. The Morgan fingerprint density at radius 1 is 1.02 bits per heavy atom. The summed E-state index contributed by atoms with van der Waals surface area (Å²) in [6, 6.07) is 22.8. The highest BCUT2D eigenvalue weighted by Gasteiger charge is 2.44. The highest BCUT2D eigenvalue weighted by Crippen LogP contribution is 2.48. The van der Waals surface area contributed by atoms with Crippen LogP contribution in [0.3, 0.4) is 0 Å². The van der Waals surface area contributed by atoms with Gasteiger partial charge in [0.25, 0.3) is 0 Å². The number of hydrogen-bond acceptors (Lipinski definition) is 7. The summed E-state index contributed by atoms with van der Waals surface area (Å²) in [6.45, 7) is 9.35. The Morgan fingerprint density at radius 2 is 1.78 bits per heavy atom. The summed E-state index contributed by atoms with van der Waals surface area (Å²) < 4.78 is 20.7. The number of nitrogens with zero attached hydrogens (tertiary/aromatic N) is 4. The molecule has 3 aromatic carbocycles. The number of nitriles is 1. The number of aryl methyl sites for hydroxylation is 3. The number of likely N-dealkylation sites (tertiary alicyclic amines) is 1. The van der Waals surface area contributed by atoms with E-state index in [1.54, 1.807) is 12.1 Å². The van der Waals surface area contributed by atoms with Gasteiger partial charge >= 0.3 is 0 Å². The highest BCUT2D eigenvalue weighted by atomic mass is 19.1. The Kier molecular flexibility index (Phi) is 8.84. The molecule has 3 heterocycles. The minimum atomic E-state index is -0.628. The van der Waals surface area contributed by atoms with Gasteiger partial charge in [-0.15, -0.1) is 0 Å². The van der Waals surface area contributed by atoms with Crippen LogP contribution < -0.4 is 10.2 Å². The van der Waals surface area contributed by atoms with Crippen LogP contribution in [0.5, 0.6) is 0 Å². The van der Waals surface area contributed by atoms with Gasteiger partial charge in [0.05, 0.1) is 23.1 Å². The van der Waals surface area contributed by atoms with Crippen LogP contribution >= 0.6 is 0 Å². The second-order valence-electron chi connectivity index (χ2n) is 14.1. The lowest BCUT2D eigenvalue weighted by Gasteiger charge is -2.36. The zero-order valence-electron chi connectivity index (χ0n) is 28.4. The van der Waals surface area contributed by atoms with Crippen LogP contribution in [0.1, 0.15) is 78.2 Å². The van der Waals surface area contributed by atoms with Crippen molar-refractivity contribution in [1.29, 1.82) is 5.26 Å². The van der Waals surface area contributed by atoms with Crippen molar-refractivity contribution in [2.45, 2.75) is 77.2 Å². The standard InChI is InChI=1S/C40H42FN5O3/c1-25-4-6-30(38-26(2)44-49-27(38)3)21-36(25)46(32-9-7-31(8-10-32)40(24-42)16-17-40)23-28-14-18-45(19-15-28)22-29-5-11-33(35(41)20-29)34-12-13-37(47)43-39(34)48/h4-11,20-21,28,34H,12-19,22-23H2,1-3H3,(H,43,47,48). The van der Waals surface area contributed by atoms with Crippen molar-refractivity contribution in [3.05, 3.63) is 100 Å². The molecule has 7 rings (SSSR count). The lowest BCUT2D eigenvalue weighted by molar-refractivity contribution is -0.134. The molecule has 0 bridgehead atoms. The second kappa shape index (κ2) is 13.2. The number of hydrogen-bond donors (Lipinski definition) is 1. The number of imide groups is 1.